The lowest BCUT2D eigenvalue weighted by atomic mass is 9.99. The van der Waals surface area contributed by atoms with Crippen molar-refractivity contribution in [2.24, 2.45) is 0 Å². The second-order valence-corrected chi connectivity index (χ2v) is 5.77. The fraction of sp³-hybridized carbons (Fsp3) is 0.538. The van der Waals surface area contributed by atoms with Crippen LogP contribution in [0.15, 0.2) is 12.1 Å². The summed E-state index contributed by atoms with van der Waals surface area (Å²) < 4.78 is 18.4. The number of halogens is 3. The molecule has 0 bridgehead atoms. The standard InChI is InChI=1S/C13H18Cl2FNO/c1-8(7-13(2,3)18-4)17-12-10(14)5-9(16)6-11(12)15/h5-6,8,17H,7H2,1-4H3. The molecule has 1 rings (SSSR count). The van der Waals surface area contributed by atoms with Gasteiger partial charge in [0.05, 0.1) is 21.3 Å². The Morgan fingerprint density at radius 3 is 2.28 bits per heavy atom. The van der Waals surface area contributed by atoms with Gasteiger partial charge in [0, 0.05) is 13.2 Å². The van der Waals surface area contributed by atoms with Gasteiger partial charge < -0.3 is 10.1 Å². The molecule has 0 radical (unpaired) electrons. The number of rotatable bonds is 5. The summed E-state index contributed by atoms with van der Waals surface area (Å²) in [5.74, 6) is -0.444. The second kappa shape index (κ2) is 6.09. The molecule has 18 heavy (non-hydrogen) atoms. The minimum Gasteiger partial charge on any atom is -0.380 e. The molecule has 0 spiro atoms. The van der Waals surface area contributed by atoms with Crippen LogP contribution in [-0.2, 0) is 4.74 Å². The summed E-state index contributed by atoms with van der Waals surface area (Å²) in [6.45, 7) is 5.99. The van der Waals surface area contributed by atoms with Crippen molar-refractivity contribution in [3.8, 4) is 0 Å². The maximum atomic E-state index is 13.1. The minimum absolute atomic E-state index is 0.0976. The van der Waals surface area contributed by atoms with E-state index in [9.17, 15) is 4.39 Å². The first-order chi connectivity index (χ1) is 8.25. The van der Waals surface area contributed by atoms with Gasteiger partial charge in [-0.05, 0) is 39.3 Å². The number of nitrogens with one attached hydrogen (secondary N) is 1. The molecule has 0 saturated carbocycles. The third-order valence-electron chi connectivity index (χ3n) is 2.75. The highest BCUT2D eigenvalue weighted by Gasteiger charge is 2.21. The fourth-order valence-electron chi connectivity index (χ4n) is 1.80. The zero-order valence-corrected chi connectivity index (χ0v) is 12.5. The molecule has 1 unspecified atom stereocenters. The Labute approximate surface area is 117 Å². The van der Waals surface area contributed by atoms with E-state index in [1.807, 2.05) is 20.8 Å². The Morgan fingerprint density at radius 1 is 1.33 bits per heavy atom. The zero-order chi connectivity index (χ0) is 13.9. The summed E-state index contributed by atoms with van der Waals surface area (Å²) in [4.78, 5) is 0. The summed E-state index contributed by atoms with van der Waals surface area (Å²) in [5.41, 5.74) is 0.310. The highest BCUT2D eigenvalue weighted by molar-refractivity contribution is 6.39. The van der Waals surface area contributed by atoms with E-state index in [1.54, 1.807) is 7.11 Å². The lowest BCUT2D eigenvalue weighted by Gasteiger charge is -2.28. The summed E-state index contributed by atoms with van der Waals surface area (Å²) in [7, 11) is 1.67. The van der Waals surface area contributed by atoms with Crippen LogP contribution in [-0.4, -0.2) is 18.8 Å². The predicted molar refractivity (Wildman–Crippen MR) is 75.2 cm³/mol. The van der Waals surface area contributed by atoms with Gasteiger partial charge in [0.2, 0.25) is 0 Å². The molecule has 0 heterocycles. The van der Waals surface area contributed by atoms with E-state index in [4.69, 9.17) is 27.9 Å². The minimum atomic E-state index is -0.444. The molecule has 0 saturated heterocycles. The van der Waals surface area contributed by atoms with Crippen molar-refractivity contribution >= 4 is 28.9 Å². The number of methoxy groups -OCH3 is 1. The van der Waals surface area contributed by atoms with Gasteiger partial charge in [0.25, 0.3) is 0 Å². The molecule has 0 aliphatic heterocycles. The van der Waals surface area contributed by atoms with E-state index in [0.717, 1.165) is 6.42 Å². The van der Waals surface area contributed by atoms with E-state index in [-0.39, 0.29) is 21.7 Å². The van der Waals surface area contributed by atoms with Crippen molar-refractivity contribution in [2.45, 2.75) is 38.8 Å². The van der Waals surface area contributed by atoms with E-state index in [2.05, 4.69) is 5.32 Å². The molecule has 5 heteroatoms. The van der Waals surface area contributed by atoms with Gasteiger partial charge in [-0.25, -0.2) is 4.39 Å². The summed E-state index contributed by atoms with van der Waals surface area (Å²) in [5, 5.41) is 3.74. The van der Waals surface area contributed by atoms with Crippen LogP contribution in [0, 0.1) is 5.82 Å². The maximum absolute atomic E-state index is 13.1. The average Bonchev–Trinajstić information content (AvgIpc) is 2.22. The predicted octanol–water partition coefficient (Wildman–Crippen LogP) is 4.75. The molecule has 0 amide bonds. The van der Waals surface area contributed by atoms with Gasteiger partial charge in [0.15, 0.2) is 0 Å². The van der Waals surface area contributed by atoms with Gasteiger partial charge in [-0.1, -0.05) is 23.2 Å². The van der Waals surface area contributed by atoms with E-state index < -0.39 is 5.82 Å². The van der Waals surface area contributed by atoms with E-state index in [1.165, 1.54) is 12.1 Å². The van der Waals surface area contributed by atoms with Gasteiger partial charge in [0.1, 0.15) is 5.82 Å². The van der Waals surface area contributed by atoms with Crippen molar-refractivity contribution in [1.82, 2.24) is 0 Å². The van der Waals surface area contributed by atoms with Gasteiger partial charge in [-0.2, -0.15) is 0 Å². The number of benzene rings is 1. The third-order valence-corrected chi connectivity index (χ3v) is 3.34. The van der Waals surface area contributed by atoms with Crippen LogP contribution in [0.1, 0.15) is 27.2 Å². The van der Waals surface area contributed by atoms with Crippen LogP contribution in [0.25, 0.3) is 0 Å². The number of hydrogen-bond donors (Lipinski definition) is 1. The molecule has 1 N–H and O–H groups in total. The van der Waals surface area contributed by atoms with Crippen LogP contribution < -0.4 is 5.32 Å². The molecule has 0 fully saturated rings. The van der Waals surface area contributed by atoms with Crippen LogP contribution in [0.3, 0.4) is 0 Å². The first kappa shape index (κ1) is 15.5. The number of ether oxygens (including phenoxy) is 1. The number of hydrogen-bond acceptors (Lipinski definition) is 2. The van der Waals surface area contributed by atoms with Gasteiger partial charge in [-0.15, -0.1) is 0 Å². The lowest BCUT2D eigenvalue weighted by Crippen LogP contribution is -2.31. The smallest absolute Gasteiger partial charge is 0.126 e. The van der Waals surface area contributed by atoms with Gasteiger partial charge >= 0.3 is 0 Å². The fourth-order valence-corrected chi connectivity index (χ4v) is 2.37. The van der Waals surface area contributed by atoms with Crippen molar-refractivity contribution in [3.05, 3.63) is 28.0 Å². The van der Waals surface area contributed by atoms with Crippen LogP contribution in [0.2, 0.25) is 10.0 Å². The normalized spacial score (nSPS) is 13.5. The SMILES string of the molecule is COC(C)(C)CC(C)Nc1c(Cl)cc(F)cc1Cl. The van der Waals surface area contributed by atoms with Crippen molar-refractivity contribution in [1.29, 1.82) is 0 Å². The first-order valence-electron chi connectivity index (χ1n) is 5.71. The summed E-state index contributed by atoms with van der Waals surface area (Å²) in [6.07, 6.45) is 0.771. The molecule has 0 aliphatic rings. The molecule has 2 nitrogen and oxygen atoms in total. The Hall–Kier alpha value is -0.510. The Bertz CT molecular complexity index is 400. The zero-order valence-electron chi connectivity index (χ0n) is 11.0. The van der Waals surface area contributed by atoms with Gasteiger partial charge in [-0.3, -0.25) is 0 Å². The molecule has 102 valence electrons. The summed E-state index contributed by atoms with van der Waals surface area (Å²) >= 11 is 11.9. The van der Waals surface area contributed by atoms with Crippen molar-refractivity contribution < 1.29 is 9.13 Å². The number of anilines is 1. The van der Waals surface area contributed by atoms with Crippen molar-refractivity contribution in [2.75, 3.05) is 12.4 Å². The Morgan fingerprint density at radius 2 is 1.83 bits per heavy atom. The van der Waals surface area contributed by atoms with Crippen LogP contribution in [0.5, 0.6) is 0 Å². The third kappa shape index (κ3) is 4.30. The lowest BCUT2D eigenvalue weighted by molar-refractivity contribution is 0.0128. The summed E-state index contributed by atoms with van der Waals surface area (Å²) in [6, 6.07) is 2.58. The highest BCUT2D eigenvalue weighted by atomic mass is 35.5. The molecular formula is C13H18Cl2FNO. The van der Waals surface area contributed by atoms with Crippen LogP contribution in [0.4, 0.5) is 10.1 Å². The van der Waals surface area contributed by atoms with E-state index >= 15 is 0 Å². The molecule has 1 aromatic carbocycles. The average molecular weight is 294 g/mol. The first-order valence-corrected chi connectivity index (χ1v) is 6.47. The maximum Gasteiger partial charge on any atom is 0.126 e. The van der Waals surface area contributed by atoms with Crippen molar-refractivity contribution in [3.63, 3.8) is 0 Å². The molecule has 0 aliphatic carbocycles. The van der Waals surface area contributed by atoms with E-state index in [0.29, 0.717) is 5.69 Å². The largest absolute Gasteiger partial charge is 0.380 e. The Kier molecular flexibility index (Phi) is 5.26. The molecule has 0 aromatic heterocycles. The van der Waals surface area contributed by atoms with Crippen LogP contribution >= 0.6 is 23.2 Å². The monoisotopic (exact) mass is 293 g/mol. The second-order valence-electron chi connectivity index (χ2n) is 4.96. The molecular weight excluding hydrogens is 276 g/mol. The molecule has 1 atom stereocenters. The molecule has 1 aromatic rings. The highest BCUT2D eigenvalue weighted by Crippen LogP contribution is 2.32. The quantitative estimate of drug-likeness (QED) is 0.846. The topological polar surface area (TPSA) is 21.3 Å². The Balaban J connectivity index is 2.79.